The van der Waals surface area contributed by atoms with Crippen LogP contribution in [0, 0.1) is 0 Å². The lowest BCUT2D eigenvalue weighted by Gasteiger charge is -2.27. The predicted octanol–water partition coefficient (Wildman–Crippen LogP) is 3.89. The summed E-state index contributed by atoms with van der Waals surface area (Å²) in [6.07, 6.45) is 1.89. The molecule has 1 aromatic heterocycles. The average molecular weight is 420 g/mol. The van der Waals surface area contributed by atoms with Gasteiger partial charge in [-0.25, -0.2) is 4.79 Å². The molecule has 4 rings (SSSR count). The molecule has 2 amide bonds. The number of anilines is 2. The molecular formula is C24H24N2O5. The smallest absolute Gasteiger partial charge is 0.336 e. The number of carbonyl (C=O) groups excluding carboxylic acids is 2. The van der Waals surface area contributed by atoms with Crippen LogP contribution in [0.2, 0.25) is 0 Å². The van der Waals surface area contributed by atoms with E-state index in [1.807, 2.05) is 25.1 Å². The Bertz CT molecular complexity index is 1200. The van der Waals surface area contributed by atoms with Gasteiger partial charge >= 0.3 is 5.63 Å². The normalized spacial score (nSPS) is 15.9. The zero-order chi connectivity index (χ0) is 22.0. The molecule has 0 spiro atoms. The maximum atomic E-state index is 13.0. The molecule has 0 saturated carbocycles. The van der Waals surface area contributed by atoms with Crippen molar-refractivity contribution in [2.45, 2.75) is 39.2 Å². The van der Waals surface area contributed by atoms with Gasteiger partial charge in [-0.2, -0.15) is 0 Å². The van der Waals surface area contributed by atoms with Crippen LogP contribution in [0.5, 0.6) is 5.75 Å². The Morgan fingerprint density at radius 3 is 2.81 bits per heavy atom. The zero-order valence-electron chi connectivity index (χ0n) is 17.5. The molecular weight excluding hydrogens is 396 g/mol. The number of ether oxygens (including phenoxy) is 1. The van der Waals surface area contributed by atoms with Gasteiger partial charge in [0.05, 0.1) is 11.4 Å². The fourth-order valence-electron chi connectivity index (χ4n) is 3.96. The highest BCUT2D eigenvalue weighted by Crippen LogP contribution is 2.31. The minimum Gasteiger partial charge on any atom is -0.484 e. The Morgan fingerprint density at radius 1 is 1.19 bits per heavy atom. The van der Waals surface area contributed by atoms with Crippen LogP contribution in [0.3, 0.4) is 0 Å². The monoisotopic (exact) mass is 420 g/mol. The molecule has 0 unspecified atom stereocenters. The number of carbonyl (C=O) groups is 2. The van der Waals surface area contributed by atoms with Crippen LogP contribution in [0.15, 0.2) is 57.7 Å². The van der Waals surface area contributed by atoms with Crippen molar-refractivity contribution in [2.24, 2.45) is 0 Å². The molecule has 0 radical (unpaired) electrons. The topological polar surface area (TPSA) is 88.8 Å². The van der Waals surface area contributed by atoms with E-state index in [0.717, 1.165) is 23.8 Å². The molecule has 2 heterocycles. The first-order chi connectivity index (χ1) is 15.0. The van der Waals surface area contributed by atoms with Crippen molar-refractivity contribution in [1.82, 2.24) is 0 Å². The third-order valence-electron chi connectivity index (χ3n) is 5.31. The van der Waals surface area contributed by atoms with Gasteiger partial charge in [-0.1, -0.05) is 25.5 Å². The summed E-state index contributed by atoms with van der Waals surface area (Å²) in [6, 6.07) is 13.6. The van der Waals surface area contributed by atoms with Crippen LogP contribution >= 0.6 is 0 Å². The lowest BCUT2D eigenvalue weighted by molar-refractivity contribution is -0.121. The van der Waals surface area contributed by atoms with E-state index in [1.165, 1.54) is 6.07 Å². The van der Waals surface area contributed by atoms with Crippen molar-refractivity contribution in [1.29, 1.82) is 0 Å². The molecule has 1 aliphatic heterocycles. The minimum atomic E-state index is -0.406. The Kier molecular flexibility index (Phi) is 5.75. The second-order valence-corrected chi connectivity index (χ2v) is 7.67. The third-order valence-corrected chi connectivity index (χ3v) is 5.31. The van der Waals surface area contributed by atoms with Crippen molar-refractivity contribution in [3.63, 3.8) is 0 Å². The number of fused-ring (bicyclic) bond motifs is 2. The van der Waals surface area contributed by atoms with Crippen LogP contribution in [0.25, 0.3) is 11.0 Å². The van der Waals surface area contributed by atoms with E-state index in [4.69, 9.17) is 9.15 Å². The summed E-state index contributed by atoms with van der Waals surface area (Å²) >= 11 is 0. The van der Waals surface area contributed by atoms with Crippen LogP contribution in [0.4, 0.5) is 11.4 Å². The number of amides is 2. The van der Waals surface area contributed by atoms with Gasteiger partial charge in [0.2, 0.25) is 5.91 Å². The maximum absolute atomic E-state index is 13.0. The summed E-state index contributed by atoms with van der Waals surface area (Å²) in [5.74, 6) is 0.0314. The SMILES string of the molecule is CCCc1cc(=O)oc2cc(OCC(=O)N3c4ccccc4NC(=O)C[C@H]3C)ccc12. The highest BCUT2D eigenvalue weighted by atomic mass is 16.5. The van der Waals surface area contributed by atoms with E-state index in [0.29, 0.717) is 22.7 Å². The zero-order valence-corrected chi connectivity index (χ0v) is 17.5. The van der Waals surface area contributed by atoms with E-state index in [1.54, 1.807) is 29.2 Å². The minimum absolute atomic E-state index is 0.136. The Morgan fingerprint density at radius 2 is 2.00 bits per heavy atom. The summed E-state index contributed by atoms with van der Waals surface area (Å²) in [5, 5.41) is 3.70. The van der Waals surface area contributed by atoms with Crippen LogP contribution < -0.4 is 20.6 Å². The Hall–Kier alpha value is -3.61. The molecule has 1 N–H and O–H groups in total. The second-order valence-electron chi connectivity index (χ2n) is 7.67. The van der Waals surface area contributed by atoms with Gasteiger partial charge in [0.25, 0.3) is 5.91 Å². The van der Waals surface area contributed by atoms with Gasteiger partial charge < -0.3 is 19.4 Å². The summed E-state index contributed by atoms with van der Waals surface area (Å²) in [5.41, 5.74) is 2.20. The number of hydrogen-bond acceptors (Lipinski definition) is 5. The van der Waals surface area contributed by atoms with Crippen LogP contribution in [-0.2, 0) is 16.0 Å². The first kappa shape index (κ1) is 20.7. The maximum Gasteiger partial charge on any atom is 0.336 e. The molecule has 31 heavy (non-hydrogen) atoms. The molecule has 160 valence electrons. The largest absolute Gasteiger partial charge is 0.484 e. The van der Waals surface area contributed by atoms with Gasteiger partial charge in [-0.15, -0.1) is 0 Å². The van der Waals surface area contributed by atoms with Gasteiger partial charge in [0.15, 0.2) is 6.61 Å². The molecule has 7 nitrogen and oxygen atoms in total. The molecule has 1 atom stereocenters. The van der Waals surface area contributed by atoms with Gasteiger partial charge in [0.1, 0.15) is 11.3 Å². The lowest BCUT2D eigenvalue weighted by Crippen LogP contribution is -2.41. The quantitative estimate of drug-likeness (QED) is 0.633. The van der Waals surface area contributed by atoms with E-state index >= 15 is 0 Å². The number of benzene rings is 2. The van der Waals surface area contributed by atoms with Crippen molar-refractivity contribution in [3.8, 4) is 5.75 Å². The molecule has 0 bridgehead atoms. The van der Waals surface area contributed by atoms with E-state index < -0.39 is 5.63 Å². The van der Waals surface area contributed by atoms with Crippen LogP contribution in [0.1, 0.15) is 32.3 Å². The lowest BCUT2D eigenvalue weighted by atomic mass is 10.1. The highest BCUT2D eigenvalue weighted by Gasteiger charge is 2.29. The fraction of sp³-hybridized carbons (Fsp3) is 0.292. The summed E-state index contributed by atoms with van der Waals surface area (Å²) in [6.45, 7) is 3.67. The van der Waals surface area contributed by atoms with Crippen molar-refractivity contribution < 1.29 is 18.7 Å². The van der Waals surface area contributed by atoms with E-state index in [-0.39, 0.29) is 30.9 Å². The highest BCUT2D eigenvalue weighted by molar-refractivity contribution is 6.04. The predicted molar refractivity (Wildman–Crippen MR) is 119 cm³/mol. The van der Waals surface area contributed by atoms with Gasteiger partial charge in [-0.05, 0) is 43.2 Å². The number of rotatable bonds is 5. The summed E-state index contributed by atoms with van der Waals surface area (Å²) in [4.78, 5) is 38.6. The molecule has 0 aliphatic carbocycles. The van der Waals surface area contributed by atoms with Crippen molar-refractivity contribution in [2.75, 3.05) is 16.8 Å². The number of aryl methyl sites for hydroxylation is 1. The Balaban J connectivity index is 1.56. The van der Waals surface area contributed by atoms with Crippen LogP contribution in [-0.4, -0.2) is 24.5 Å². The van der Waals surface area contributed by atoms with Gasteiger partial charge in [-0.3, -0.25) is 9.59 Å². The second kappa shape index (κ2) is 8.63. The first-order valence-corrected chi connectivity index (χ1v) is 10.4. The number of hydrogen-bond donors (Lipinski definition) is 1. The van der Waals surface area contributed by atoms with Gasteiger partial charge in [0, 0.05) is 30.0 Å². The number of nitrogens with zero attached hydrogens (tertiary/aromatic N) is 1. The van der Waals surface area contributed by atoms with E-state index in [2.05, 4.69) is 12.2 Å². The van der Waals surface area contributed by atoms with Crippen molar-refractivity contribution >= 4 is 34.2 Å². The summed E-state index contributed by atoms with van der Waals surface area (Å²) in [7, 11) is 0. The first-order valence-electron chi connectivity index (χ1n) is 10.4. The molecule has 3 aromatic rings. The standard InChI is InChI=1S/C24H24N2O5/c1-3-6-16-12-24(29)31-21-13-17(9-10-18(16)21)30-14-23(28)26-15(2)11-22(27)25-19-7-4-5-8-20(19)26/h4-5,7-10,12-13,15H,3,6,11,14H2,1-2H3,(H,25,27)/t15-/m1/s1. The fourth-order valence-corrected chi connectivity index (χ4v) is 3.96. The Labute approximate surface area is 179 Å². The number of nitrogens with one attached hydrogen (secondary N) is 1. The molecule has 2 aromatic carbocycles. The van der Waals surface area contributed by atoms with Crippen molar-refractivity contribution in [3.05, 3.63) is 64.5 Å². The average Bonchev–Trinajstić information content (AvgIpc) is 2.86. The van der Waals surface area contributed by atoms with E-state index in [9.17, 15) is 14.4 Å². The summed E-state index contributed by atoms with van der Waals surface area (Å²) < 4.78 is 11.1. The molecule has 1 aliphatic rings. The molecule has 7 heteroatoms. The molecule has 0 fully saturated rings. The number of para-hydroxylation sites is 2. The molecule has 0 saturated heterocycles. The third kappa shape index (κ3) is 4.30.